The number of rotatable bonds is 4. The molecule has 3 heterocycles. The first-order valence-electron chi connectivity index (χ1n) is 9.00. The predicted molar refractivity (Wildman–Crippen MR) is 115 cm³/mol. The van der Waals surface area contributed by atoms with Crippen LogP contribution in [0.25, 0.3) is 0 Å². The third-order valence-electron chi connectivity index (χ3n) is 4.84. The lowest BCUT2D eigenvalue weighted by atomic mass is 10.1. The number of hydrazone groups is 1. The Morgan fingerprint density at radius 3 is 2.74 bits per heavy atom. The number of aromatic nitrogens is 1. The van der Waals surface area contributed by atoms with E-state index in [1.54, 1.807) is 18.3 Å². The summed E-state index contributed by atoms with van der Waals surface area (Å²) >= 11 is 5.54. The van der Waals surface area contributed by atoms with Gasteiger partial charge in [-0.3, -0.25) is 10.4 Å². The van der Waals surface area contributed by atoms with Gasteiger partial charge in [-0.15, -0.1) is 0 Å². The zero-order valence-corrected chi connectivity index (χ0v) is 16.4. The molecule has 0 radical (unpaired) electrons. The number of allylic oxidation sites excluding steroid dienone is 2. The largest absolute Gasteiger partial charge is 0.372 e. The summed E-state index contributed by atoms with van der Waals surface area (Å²) in [4.78, 5) is 11.0. The smallest absolute Gasteiger partial charge is 0.189 e. The quantitative estimate of drug-likeness (QED) is 0.358. The first-order valence-corrected chi connectivity index (χ1v) is 9.41. The minimum absolute atomic E-state index is 0.634. The lowest BCUT2D eigenvalue weighted by Crippen LogP contribution is -2.50. The van der Waals surface area contributed by atoms with Crippen LogP contribution in [0.15, 0.2) is 47.9 Å². The Morgan fingerprint density at radius 1 is 1.30 bits per heavy atom. The molecule has 0 aromatic carbocycles. The molecule has 3 rings (SSSR count). The van der Waals surface area contributed by atoms with Gasteiger partial charge in [0.1, 0.15) is 5.69 Å². The molecule has 0 spiro atoms. The number of piperazine rings is 1. The van der Waals surface area contributed by atoms with Crippen molar-refractivity contribution in [2.75, 3.05) is 44.7 Å². The van der Waals surface area contributed by atoms with Gasteiger partial charge in [-0.05, 0) is 36.5 Å². The molecule has 142 valence electrons. The molecule has 1 saturated heterocycles. The fourth-order valence-corrected chi connectivity index (χ4v) is 3.52. The van der Waals surface area contributed by atoms with Crippen LogP contribution in [0.4, 0.5) is 5.69 Å². The van der Waals surface area contributed by atoms with E-state index in [1.807, 2.05) is 6.07 Å². The lowest BCUT2D eigenvalue weighted by molar-refractivity contribution is 0.226. The summed E-state index contributed by atoms with van der Waals surface area (Å²) in [6.45, 7) is 8.00. The van der Waals surface area contributed by atoms with Crippen LogP contribution in [0.3, 0.4) is 0 Å². The van der Waals surface area contributed by atoms with Crippen molar-refractivity contribution in [3.8, 4) is 0 Å². The number of hydrogen-bond acceptors (Lipinski definition) is 6. The second-order valence-corrected chi connectivity index (χ2v) is 6.84. The van der Waals surface area contributed by atoms with Crippen LogP contribution in [0.1, 0.15) is 12.1 Å². The second-order valence-electron chi connectivity index (χ2n) is 6.45. The summed E-state index contributed by atoms with van der Waals surface area (Å²) in [5, 5.41) is 12.4. The Hall–Kier alpha value is -2.74. The van der Waals surface area contributed by atoms with Crippen molar-refractivity contribution in [2.24, 2.45) is 5.10 Å². The molecule has 1 aromatic heterocycles. The molecule has 0 atom stereocenters. The second kappa shape index (κ2) is 8.77. The number of thiocarbonyl (C=S) groups is 1. The van der Waals surface area contributed by atoms with Gasteiger partial charge in [-0.25, -0.2) is 0 Å². The van der Waals surface area contributed by atoms with Crippen LogP contribution < -0.4 is 10.3 Å². The van der Waals surface area contributed by atoms with Crippen LogP contribution >= 0.6 is 12.2 Å². The van der Waals surface area contributed by atoms with Gasteiger partial charge in [0, 0.05) is 64.3 Å². The van der Waals surface area contributed by atoms with Gasteiger partial charge < -0.3 is 20.1 Å². The van der Waals surface area contributed by atoms with E-state index in [0.717, 1.165) is 61.9 Å². The van der Waals surface area contributed by atoms with E-state index in [9.17, 15) is 0 Å². The summed E-state index contributed by atoms with van der Waals surface area (Å²) in [5.74, 6) is 0. The molecule has 1 aromatic rings. The molecule has 0 amide bonds. The number of pyridine rings is 1. The molecule has 7 nitrogen and oxygen atoms in total. The molecular weight excluding hydrogens is 358 g/mol. The van der Waals surface area contributed by atoms with E-state index >= 15 is 0 Å². The highest BCUT2D eigenvalue weighted by atomic mass is 32.1. The van der Waals surface area contributed by atoms with Crippen LogP contribution in [-0.4, -0.2) is 71.6 Å². The van der Waals surface area contributed by atoms with Gasteiger partial charge >= 0.3 is 0 Å². The van der Waals surface area contributed by atoms with Crippen LogP contribution in [0.2, 0.25) is 0 Å². The highest BCUT2D eigenvalue weighted by Gasteiger charge is 2.22. The minimum atomic E-state index is 0.634. The van der Waals surface area contributed by atoms with E-state index in [-0.39, 0.29) is 0 Å². The molecule has 8 heteroatoms. The molecule has 1 fully saturated rings. The third-order valence-corrected chi connectivity index (χ3v) is 5.19. The number of nitrogens with zero attached hydrogens (tertiary/aromatic N) is 5. The highest BCUT2D eigenvalue weighted by Crippen LogP contribution is 2.23. The van der Waals surface area contributed by atoms with Crippen LogP contribution in [0, 0.1) is 5.41 Å². The van der Waals surface area contributed by atoms with Gasteiger partial charge in [0.05, 0.1) is 11.4 Å². The molecule has 0 unspecified atom stereocenters. The zero-order chi connectivity index (χ0) is 19.2. The predicted octanol–water partition coefficient (Wildman–Crippen LogP) is 1.84. The fraction of sp³-hybridized carbons (Fsp3) is 0.368. The maximum atomic E-state index is 7.24. The molecule has 0 bridgehead atoms. The molecular formula is C19H25N7S. The van der Waals surface area contributed by atoms with E-state index in [2.05, 4.69) is 49.9 Å². The summed E-state index contributed by atoms with van der Waals surface area (Å²) in [7, 11) is 2.07. The molecule has 27 heavy (non-hydrogen) atoms. The number of hydrogen-bond donors (Lipinski definition) is 2. The van der Waals surface area contributed by atoms with Crippen molar-refractivity contribution in [3.05, 3.63) is 48.5 Å². The Labute approximate surface area is 165 Å². The van der Waals surface area contributed by atoms with Gasteiger partial charge in [0.2, 0.25) is 0 Å². The maximum absolute atomic E-state index is 7.24. The molecule has 0 saturated carbocycles. The number of fused-ring (bicyclic) bond motifs is 1. The van der Waals surface area contributed by atoms with Crippen molar-refractivity contribution in [1.29, 1.82) is 5.41 Å². The summed E-state index contributed by atoms with van der Waals surface area (Å²) in [6.07, 6.45) is 7.47. The Morgan fingerprint density at radius 2 is 2.04 bits per heavy atom. The van der Waals surface area contributed by atoms with E-state index in [4.69, 9.17) is 17.6 Å². The lowest BCUT2D eigenvalue weighted by Gasteiger charge is -2.37. The van der Waals surface area contributed by atoms with E-state index in [1.165, 1.54) is 6.21 Å². The van der Waals surface area contributed by atoms with Crippen molar-refractivity contribution < 1.29 is 0 Å². The van der Waals surface area contributed by atoms with Gasteiger partial charge in [-0.1, -0.05) is 6.58 Å². The Kier molecular flexibility index (Phi) is 6.18. The standard InChI is InChI=1S/C19H25N7S/c1-3-15(6-8-20)25-11-13-26(14-12-25)19(27)23-22-16-7-10-24(2)17-5-4-9-21-18(16)17/h3-6,8-9,20H,1,7,10-14H2,2H3,(H,23,27)/b15-6+,20-8?,22-16-. The fourth-order valence-electron chi connectivity index (χ4n) is 3.29. The monoisotopic (exact) mass is 383 g/mol. The summed E-state index contributed by atoms with van der Waals surface area (Å²) in [6, 6.07) is 4.01. The average Bonchev–Trinajstić information content (AvgIpc) is 2.71. The Bertz CT molecular complexity index is 778. The number of anilines is 1. The van der Waals surface area contributed by atoms with Crippen molar-refractivity contribution in [3.63, 3.8) is 0 Å². The van der Waals surface area contributed by atoms with Crippen molar-refractivity contribution in [1.82, 2.24) is 20.2 Å². The highest BCUT2D eigenvalue weighted by molar-refractivity contribution is 7.80. The van der Waals surface area contributed by atoms with E-state index in [0.29, 0.717) is 5.11 Å². The normalized spacial score (nSPS) is 18.9. The zero-order valence-electron chi connectivity index (χ0n) is 15.6. The summed E-state index contributed by atoms with van der Waals surface area (Å²) in [5.41, 5.74) is 6.98. The van der Waals surface area contributed by atoms with Gasteiger partial charge in [0.25, 0.3) is 0 Å². The Balaban J connectivity index is 1.60. The van der Waals surface area contributed by atoms with Crippen LogP contribution in [-0.2, 0) is 0 Å². The van der Waals surface area contributed by atoms with Crippen molar-refractivity contribution in [2.45, 2.75) is 6.42 Å². The maximum Gasteiger partial charge on any atom is 0.189 e. The van der Waals surface area contributed by atoms with Crippen molar-refractivity contribution >= 4 is 34.9 Å². The van der Waals surface area contributed by atoms with Crippen LogP contribution in [0.5, 0.6) is 0 Å². The molecule has 2 aliphatic rings. The molecule has 2 aliphatic heterocycles. The average molecular weight is 384 g/mol. The SMILES string of the molecule is C=C/C(=C\C=N)N1CCN(C(=S)N/N=C2/CCN(C)c3cccnc32)CC1. The van der Waals surface area contributed by atoms with Gasteiger partial charge in [-0.2, -0.15) is 5.10 Å². The molecule has 2 N–H and O–H groups in total. The first kappa shape index (κ1) is 19.0. The van der Waals surface area contributed by atoms with Gasteiger partial charge in [0.15, 0.2) is 5.11 Å². The number of nitrogens with one attached hydrogen (secondary N) is 2. The first-order chi connectivity index (χ1) is 13.1. The van der Waals surface area contributed by atoms with E-state index < -0.39 is 0 Å². The minimum Gasteiger partial charge on any atom is -0.372 e. The summed E-state index contributed by atoms with van der Waals surface area (Å²) < 4.78 is 0. The topological polar surface area (TPSA) is 70.9 Å². The molecule has 0 aliphatic carbocycles. The third kappa shape index (κ3) is 4.33.